The Labute approximate surface area is 94.8 Å². The molecule has 1 atom stereocenters. The maximum atomic E-state index is 10.4. The SMILES string of the molecule is CCOCC(O)COc1ccc(C=O)cc1. The van der Waals surface area contributed by atoms with Crippen molar-refractivity contribution < 1.29 is 19.4 Å². The van der Waals surface area contributed by atoms with Gasteiger partial charge in [0.15, 0.2) is 0 Å². The zero-order valence-corrected chi connectivity index (χ0v) is 9.26. The maximum absolute atomic E-state index is 10.4. The molecule has 88 valence electrons. The van der Waals surface area contributed by atoms with E-state index >= 15 is 0 Å². The van der Waals surface area contributed by atoms with Crippen LogP contribution in [0, 0.1) is 0 Å². The van der Waals surface area contributed by atoms with Crippen LogP contribution in [0.1, 0.15) is 17.3 Å². The fourth-order valence-corrected chi connectivity index (χ4v) is 1.14. The van der Waals surface area contributed by atoms with E-state index in [0.717, 1.165) is 6.29 Å². The van der Waals surface area contributed by atoms with Crippen molar-refractivity contribution in [2.24, 2.45) is 0 Å². The third kappa shape index (κ3) is 4.42. The first kappa shape index (κ1) is 12.7. The van der Waals surface area contributed by atoms with Crippen molar-refractivity contribution in [3.63, 3.8) is 0 Å². The van der Waals surface area contributed by atoms with Crippen molar-refractivity contribution in [1.82, 2.24) is 0 Å². The number of carbonyl (C=O) groups is 1. The number of benzene rings is 1. The van der Waals surface area contributed by atoms with Gasteiger partial charge in [0.05, 0.1) is 6.61 Å². The van der Waals surface area contributed by atoms with E-state index in [1.54, 1.807) is 24.3 Å². The van der Waals surface area contributed by atoms with Crippen molar-refractivity contribution >= 4 is 6.29 Å². The molecular weight excluding hydrogens is 208 g/mol. The van der Waals surface area contributed by atoms with Crippen LogP contribution in [0.15, 0.2) is 24.3 Å². The topological polar surface area (TPSA) is 55.8 Å². The largest absolute Gasteiger partial charge is 0.491 e. The number of aliphatic hydroxyl groups is 1. The molecule has 0 fully saturated rings. The van der Waals surface area contributed by atoms with Gasteiger partial charge in [0.25, 0.3) is 0 Å². The maximum Gasteiger partial charge on any atom is 0.150 e. The molecule has 0 saturated heterocycles. The standard InChI is InChI=1S/C12H16O4/c1-2-15-8-11(14)9-16-12-5-3-10(7-13)4-6-12/h3-7,11,14H,2,8-9H2,1H3. The van der Waals surface area contributed by atoms with E-state index in [9.17, 15) is 9.90 Å². The molecule has 1 N–H and O–H groups in total. The van der Waals surface area contributed by atoms with E-state index < -0.39 is 6.10 Å². The minimum absolute atomic E-state index is 0.181. The first-order chi connectivity index (χ1) is 7.76. The van der Waals surface area contributed by atoms with Crippen LogP contribution >= 0.6 is 0 Å². The molecule has 1 aromatic carbocycles. The van der Waals surface area contributed by atoms with E-state index in [2.05, 4.69) is 0 Å². The van der Waals surface area contributed by atoms with Crippen LogP contribution in [-0.2, 0) is 4.74 Å². The molecule has 0 amide bonds. The Morgan fingerprint density at radius 3 is 2.56 bits per heavy atom. The summed E-state index contributed by atoms with van der Waals surface area (Å²) in [6.07, 6.45) is 0.138. The molecule has 0 spiro atoms. The number of aliphatic hydroxyl groups excluding tert-OH is 1. The quantitative estimate of drug-likeness (QED) is 0.709. The highest BCUT2D eigenvalue weighted by Gasteiger charge is 2.04. The summed E-state index contributed by atoms with van der Waals surface area (Å²) in [4.78, 5) is 10.4. The summed E-state index contributed by atoms with van der Waals surface area (Å²) >= 11 is 0. The minimum atomic E-state index is -0.634. The van der Waals surface area contributed by atoms with Crippen LogP contribution in [0.3, 0.4) is 0 Å². The molecular formula is C12H16O4. The average molecular weight is 224 g/mol. The van der Waals surface area contributed by atoms with Crippen molar-refractivity contribution in [3.8, 4) is 5.75 Å². The molecule has 0 saturated carbocycles. The lowest BCUT2D eigenvalue weighted by Gasteiger charge is -2.12. The summed E-state index contributed by atoms with van der Waals surface area (Å²) in [5, 5.41) is 9.44. The normalized spacial score (nSPS) is 12.1. The van der Waals surface area contributed by atoms with E-state index in [1.807, 2.05) is 6.92 Å². The Morgan fingerprint density at radius 1 is 1.31 bits per heavy atom. The molecule has 0 aliphatic carbocycles. The molecule has 0 bridgehead atoms. The van der Waals surface area contributed by atoms with Gasteiger partial charge in [0, 0.05) is 12.2 Å². The van der Waals surface area contributed by atoms with Gasteiger partial charge in [0.1, 0.15) is 24.7 Å². The van der Waals surface area contributed by atoms with Crippen LogP contribution < -0.4 is 4.74 Å². The van der Waals surface area contributed by atoms with E-state index in [1.165, 1.54) is 0 Å². The van der Waals surface area contributed by atoms with Crippen LogP contribution in [0.25, 0.3) is 0 Å². The van der Waals surface area contributed by atoms with Gasteiger partial charge in [-0.25, -0.2) is 0 Å². The second kappa shape index (κ2) is 6.98. The molecule has 1 rings (SSSR count). The first-order valence-electron chi connectivity index (χ1n) is 5.20. The van der Waals surface area contributed by atoms with E-state index in [0.29, 0.717) is 17.9 Å². The molecule has 0 radical (unpaired) electrons. The summed E-state index contributed by atoms with van der Waals surface area (Å²) < 4.78 is 10.4. The lowest BCUT2D eigenvalue weighted by molar-refractivity contribution is 0.0164. The smallest absolute Gasteiger partial charge is 0.150 e. The Morgan fingerprint density at radius 2 is 2.00 bits per heavy atom. The average Bonchev–Trinajstić information content (AvgIpc) is 2.34. The van der Waals surface area contributed by atoms with Gasteiger partial charge >= 0.3 is 0 Å². The second-order valence-electron chi connectivity index (χ2n) is 3.31. The summed E-state index contributed by atoms with van der Waals surface area (Å²) in [5.74, 6) is 0.626. The third-order valence-corrected chi connectivity index (χ3v) is 1.97. The summed E-state index contributed by atoms with van der Waals surface area (Å²) in [7, 11) is 0. The number of aldehydes is 1. The van der Waals surface area contributed by atoms with Gasteiger partial charge in [-0.2, -0.15) is 0 Å². The van der Waals surface area contributed by atoms with Gasteiger partial charge < -0.3 is 14.6 Å². The van der Waals surface area contributed by atoms with Crippen LogP contribution in [0.2, 0.25) is 0 Å². The van der Waals surface area contributed by atoms with Crippen LogP contribution in [0.5, 0.6) is 5.75 Å². The predicted molar refractivity (Wildman–Crippen MR) is 59.8 cm³/mol. The highest BCUT2D eigenvalue weighted by atomic mass is 16.5. The summed E-state index contributed by atoms with van der Waals surface area (Å²) in [6.45, 7) is 2.89. The van der Waals surface area contributed by atoms with Gasteiger partial charge in [0.2, 0.25) is 0 Å². The third-order valence-electron chi connectivity index (χ3n) is 1.97. The number of hydrogen-bond acceptors (Lipinski definition) is 4. The van der Waals surface area contributed by atoms with Crippen LogP contribution in [0.4, 0.5) is 0 Å². The minimum Gasteiger partial charge on any atom is -0.491 e. The Kier molecular flexibility index (Phi) is 5.53. The molecule has 0 aromatic heterocycles. The monoisotopic (exact) mass is 224 g/mol. The van der Waals surface area contributed by atoms with Crippen molar-refractivity contribution in [2.75, 3.05) is 19.8 Å². The van der Waals surface area contributed by atoms with Gasteiger partial charge in [-0.15, -0.1) is 0 Å². The Bertz CT molecular complexity index is 307. The lowest BCUT2D eigenvalue weighted by atomic mass is 10.2. The molecule has 4 nitrogen and oxygen atoms in total. The van der Waals surface area contributed by atoms with Gasteiger partial charge in [-0.1, -0.05) is 0 Å². The molecule has 0 heterocycles. The zero-order valence-electron chi connectivity index (χ0n) is 9.26. The van der Waals surface area contributed by atoms with Crippen molar-refractivity contribution in [2.45, 2.75) is 13.0 Å². The zero-order chi connectivity index (χ0) is 11.8. The number of rotatable bonds is 7. The van der Waals surface area contributed by atoms with E-state index in [-0.39, 0.29) is 13.2 Å². The number of hydrogen-bond donors (Lipinski definition) is 1. The molecule has 0 aliphatic rings. The van der Waals surface area contributed by atoms with E-state index in [4.69, 9.17) is 9.47 Å². The fraction of sp³-hybridized carbons (Fsp3) is 0.417. The van der Waals surface area contributed by atoms with Crippen LogP contribution in [-0.4, -0.2) is 37.3 Å². The van der Waals surface area contributed by atoms with Gasteiger partial charge in [-0.3, -0.25) is 4.79 Å². The number of ether oxygens (including phenoxy) is 2. The highest BCUT2D eigenvalue weighted by molar-refractivity contribution is 5.74. The van der Waals surface area contributed by atoms with Crippen molar-refractivity contribution in [3.05, 3.63) is 29.8 Å². The molecule has 4 heteroatoms. The summed E-state index contributed by atoms with van der Waals surface area (Å²) in [6, 6.07) is 6.71. The molecule has 1 unspecified atom stereocenters. The Hall–Kier alpha value is -1.39. The fourth-order valence-electron chi connectivity index (χ4n) is 1.14. The molecule has 1 aromatic rings. The highest BCUT2D eigenvalue weighted by Crippen LogP contribution is 2.11. The van der Waals surface area contributed by atoms with Gasteiger partial charge in [-0.05, 0) is 31.2 Å². The second-order valence-corrected chi connectivity index (χ2v) is 3.31. The summed E-state index contributed by atoms with van der Waals surface area (Å²) in [5.41, 5.74) is 0.599. The Balaban J connectivity index is 2.33. The molecule has 16 heavy (non-hydrogen) atoms. The lowest BCUT2D eigenvalue weighted by Crippen LogP contribution is -2.23. The molecule has 0 aliphatic heterocycles. The predicted octanol–water partition coefficient (Wildman–Crippen LogP) is 1.28. The first-order valence-corrected chi connectivity index (χ1v) is 5.20. The van der Waals surface area contributed by atoms with Crippen molar-refractivity contribution in [1.29, 1.82) is 0 Å². The number of carbonyl (C=O) groups excluding carboxylic acids is 1.